The summed E-state index contributed by atoms with van der Waals surface area (Å²) in [4.78, 5) is 0. The molecule has 0 spiro atoms. The highest BCUT2D eigenvalue weighted by Crippen LogP contribution is 2.03. The molecule has 1 aromatic rings. The molecule has 0 aliphatic carbocycles. The molecule has 0 aliphatic rings. The molecule has 21 heavy (non-hydrogen) atoms. The van der Waals surface area contributed by atoms with Gasteiger partial charge in [0.1, 0.15) is 0 Å². The van der Waals surface area contributed by atoms with Crippen molar-refractivity contribution >= 4 is 0 Å². The zero-order chi connectivity index (χ0) is 16.0. The van der Waals surface area contributed by atoms with Crippen LogP contribution in [0.4, 0.5) is 0 Å². The van der Waals surface area contributed by atoms with Crippen molar-refractivity contribution in [3.8, 4) is 0 Å². The molecule has 0 saturated carbocycles. The van der Waals surface area contributed by atoms with Crippen molar-refractivity contribution in [3.63, 3.8) is 0 Å². The Bertz CT molecular complexity index is 190. The normalized spacial score (nSPS) is 9.14. The SMILES string of the molecule is CCCCCCC.CCCCCCCC.c1ccccc1. The average molecular weight is 293 g/mol. The molecule has 0 aliphatic heterocycles. The molecule has 0 bridgehead atoms. The smallest absolute Gasteiger partial charge is 0.0533 e. The lowest BCUT2D eigenvalue weighted by molar-refractivity contribution is 0.624. The molecule has 0 fully saturated rings. The molecule has 0 heteroatoms. The van der Waals surface area contributed by atoms with E-state index in [9.17, 15) is 0 Å². The molecule has 0 nitrogen and oxygen atoms in total. The maximum absolute atomic E-state index is 2.26. The summed E-state index contributed by atoms with van der Waals surface area (Å²) in [5.74, 6) is 0. The predicted molar refractivity (Wildman–Crippen MR) is 99.9 cm³/mol. The quantitative estimate of drug-likeness (QED) is 0.404. The second-order valence-electron chi connectivity index (χ2n) is 5.63. The van der Waals surface area contributed by atoms with Gasteiger partial charge >= 0.3 is 0 Å². The van der Waals surface area contributed by atoms with Crippen molar-refractivity contribution in [2.24, 2.45) is 0 Å². The standard InChI is InChI=1S/C8H18.C7H16.C6H6/c1-3-5-7-8-6-4-2;1-3-5-7-6-4-2;1-2-4-6-5-3-1/h3-8H2,1-2H3;3-7H2,1-2H3;1-6H. The van der Waals surface area contributed by atoms with Crippen LogP contribution in [0, 0.1) is 0 Å². The van der Waals surface area contributed by atoms with E-state index in [2.05, 4.69) is 27.7 Å². The van der Waals surface area contributed by atoms with Crippen molar-refractivity contribution in [1.29, 1.82) is 0 Å². The second-order valence-corrected chi connectivity index (χ2v) is 5.63. The van der Waals surface area contributed by atoms with E-state index in [4.69, 9.17) is 0 Å². The molecule has 0 heterocycles. The van der Waals surface area contributed by atoms with E-state index >= 15 is 0 Å². The fraction of sp³-hybridized carbons (Fsp3) is 0.714. The van der Waals surface area contributed by atoms with E-state index in [-0.39, 0.29) is 0 Å². The predicted octanol–water partition coefficient (Wildman–Crippen LogP) is 8.03. The van der Waals surface area contributed by atoms with Gasteiger partial charge in [-0.3, -0.25) is 0 Å². The molecule has 0 unspecified atom stereocenters. The van der Waals surface area contributed by atoms with E-state index in [0.29, 0.717) is 0 Å². The van der Waals surface area contributed by atoms with Crippen LogP contribution >= 0.6 is 0 Å². The van der Waals surface area contributed by atoms with E-state index in [0.717, 1.165) is 0 Å². The Labute approximate surface area is 135 Å². The molecule has 0 saturated heterocycles. The first-order chi connectivity index (χ1) is 10.3. The maximum atomic E-state index is 2.26. The number of unbranched alkanes of at least 4 members (excludes halogenated alkanes) is 9. The van der Waals surface area contributed by atoms with Crippen LogP contribution in [0.2, 0.25) is 0 Å². The fourth-order valence-corrected chi connectivity index (χ4v) is 1.92. The Balaban J connectivity index is 0. The number of hydrogen-bond acceptors (Lipinski definition) is 0. The highest BCUT2D eigenvalue weighted by atomic mass is 13.9. The molecule has 124 valence electrons. The van der Waals surface area contributed by atoms with Crippen LogP contribution in [0.5, 0.6) is 0 Å². The van der Waals surface area contributed by atoms with Crippen LogP contribution in [0.15, 0.2) is 36.4 Å². The Morgan fingerprint density at radius 2 is 0.524 bits per heavy atom. The summed E-state index contributed by atoms with van der Waals surface area (Å²) in [6.45, 7) is 9.00. The van der Waals surface area contributed by atoms with Gasteiger partial charge < -0.3 is 0 Å². The molecular weight excluding hydrogens is 252 g/mol. The third-order valence-corrected chi connectivity index (χ3v) is 3.33. The Kier molecular flexibility index (Phi) is 26.0. The summed E-state index contributed by atoms with van der Waals surface area (Å²) in [7, 11) is 0. The molecule has 1 aromatic carbocycles. The minimum Gasteiger partial charge on any atom is -0.0654 e. The monoisotopic (exact) mass is 292 g/mol. The largest absolute Gasteiger partial charge is 0.0654 e. The summed E-state index contributed by atoms with van der Waals surface area (Å²) in [6.07, 6.45) is 15.5. The zero-order valence-electron chi connectivity index (χ0n) is 15.2. The van der Waals surface area contributed by atoms with E-state index < -0.39 is 0 Å². The number of rotatable bonds is 9. The first kappa shape index (κ1) is 22.5. The van der Waals surface area contributed by atoms with Crippen LogP contribution in [0.1, 0.15) is 98.3 Å². The third-order valence-electron chi connectivity index (χ3n) is 3.33. The first-order valence-corrected chi connectivity index (χ1v) is 9.33. The molecule has 0 aromatic heterocycles. The van der Waals surface area contributed by atoms with E-state index in [1.807, 2.05) is 36.4 Å². The average Bonchev–Trinajstić information content (AvgIpc) is 2.55. The first-order valence-electron chi connectivity index (χ1n) is 9.33. The lowest BCUT2D eigenvalue weighted by Crippen LogP contribution is -1.73. The Morgan fingerprint density at radius 3 is 0.714 bits per heavy atom. The highest BCUT2D eigenvalue weighted by Gasteiger charge is 1.83. The summed E-state index contributed by atoms with van der Waals surface area (Å²) >= 11 is 0. The third kappa shape index (κ3) is 28.2. The van der Waals surface area contributed by atoms with Crippen molar-refractivity contribution in [2.75, 3.05) is 0 Å². The van der Waals surface area contributed by atoms with Gasteiger partial charge in [-0.25, -0.2) is 0 Å². The summed E-state index contributed by atoms with van der Waals surface area (Å²) < 4.78 is 0. The van der Waals surface area contributed by atoms with Gasteiger partial charge in [-0.1, -0.05) is 135 Å². The van der Waals surface area contributed by atoms with E-state index in [1.54, 1.807) is 0 Å². The van der Waals surface area contributed by atoms with Crippen LogP contribution in [0.3, 0.4) is 0 Å². The summed E-state index contributed by atoms with van der Waals surface area (Å²) in [5, 5.41) is 0. The van der Waals surface area contributed by atoms with Gasteiger partial charge in [0.05, 0.1) is 0 Å². The van der Waals surface area contributed by atoms with Crippen molar-refractivity contribution in [1.82, 2.24) is 0 Å². The maximum Gasteiger partial charge on any atom is -0.0533 e. The van der Waals surface area contributed by atoms with Gasteiger partial charge in [-0.2, -0.15) is 0 Å². The molecule has 0 amide bonds. The summed E-state index contributed by atoms with van der Waals surface area (Å²) in [6, 6.07) is 12.0. The van der Waals surface area contributed by atoms with Gasteiger partial charge in [0, 0.05) is 0 Å². The summed E-state index contributed by atoms with van der Waals surface area (Å²) in [5.41, 5.74) is 0. The minimum absolute atomic E-state index is 1.36. The Hall–Kier alpha value is -0.780. The topological polar surface area (TPSA) is 0 Å². The van der Waals surface area contributed by atoms with Gasteiger partial charge in [-0.15, -0.1) is 0 Å². The fourth-order valence-electron chi connectivity index (χ4n) is 1.92. The number of hydrogen-bond donors (Lipinski definition) is 0. The Morgan fingerprint density at radius 1 is 0.333 bits per heavy atom. The lowest BCUT2D eigenvalue weighted by Gasteiger charge is -1.93. The number of benzene rings is 1. The second kappa shape index (κ2) is 24.3. The van der Waals surface area contributed by atoms with Gasteiger partial charge in [-0.05, 0) is 0 Å². The molecule has 1 rings (SSSR count). The van der Waals surface area contributed by atoms with Gasteiger partial charge in [0.25, 0.3) is 0 Å². The van der Waals surface area contributed by atoms with Crippen molar-refractivity contribution in [2.45, 2.75) is 98.3 Å². The van der Waals surface area contributed by atoms with Crippen LogP contribution in [-0.4, -0.2) is 0 Å². The zero-order valence-corrected chi connectivity index (χ0v) is 15.2. The van der Waals surface area contributed by atoms with Crippen LogP contribution < -0.4 is 0 Å². The van der Waals surface area contributed by atoms with Gasteiger partial charge in [0.2, 0.25) is 0 Å². The van der Waals surface area contributed by atoms with Gasteiger partial charge in [0.15, 0.2) is 0 Å². The van der Waals surface area contributed by atoms with Crippen molar-refractivity contribution in [3.05, 3.63) is 36.4 Å². The van der Waals surface area contributed by atoms with Crippen LogP contribution in [0.25, 0.3) is 0 Å². The van der Waals surface area contributed by atoms with E-state index in [1.165, 1.54) is 70.6 Å². The molecular formula is C21H40. The lowest BCUT2D eigenvalue weighted by atomic mass is 10.1. The van der Waals surface area contributed by atoms with Crippen LogP contribution in [-0.2, 0) is 0 Å². The minimum atomic E-state index is 1.36. The molecule has 0 N–H and O–H groups in total. The molecule has 0 radical (unpaired) electrons. The molecule has 0 atom stereocenters. The van der Waals surface area contributed by atoms with Crippen molar-refractivity contribution < 1.29 is 0 Å². The highest BCUT2D eigenvalue weighted by molar-refractivity contribution is 4.99.